The Morgan fingerprint density at radius 2 is 2.00 bits per heavy atom. The van der Waals surface area contributed by atoms with Crippen LogP contribution >= 0.6 is 0 Å². The monoisotopic (exact) mass is 232 g/mol. The van der Waals surface area contributed by atoms with Crippen LogP contribution in [-0.2, 0) is 5.41 Å². The fourth-order valence-corrected chi connectivity index (χ4v) is 1.97. The van der Waals surface area contributed by atoms with Crippen LogP contribution in [0.25, 0.3) is 0 Å². The van der Waals surface area contributed by atoms with Crippen LogP contribution in [0.15, 0.2) is 12.1 Å². The average Bonchev–Trinajstić information content (AvgIpc) is 2.99. The van der Waals surface area contributed by atoms with Crippen LogP contribution in [0.3, 0.4) is 0 Å². The average molecular weight is 232 g/mol. The molecule has 2 rings (SSSR count). The molecule has 0 aromatic carbocycles. The highest BCUT2D eigenvalue weighted by atomic mass is 16.2. The number of hydrogen-bond donors (Lipinski definition) is 1. The molecule has 3 heteroatoms. The molecule has 1 aromatic heterocycles. The Morgan fingerprint density at radius 3 is 2.47 bits per heavy atom. The predicted octanol–water partition coefficient (Wildman–Crippen LogP) is 2.58. The summed E-state index contributed by atoms with van der Waals surface area (Å²) in [6.07, 6.45) is 2.20. The van der Waals surface area contributed by atoms with Crippen LogP contribution in [0.1, 0.15) is 55.4 Å². The van der Waals surface area contributed by atoms with Crippen molar-refractivity contribution in [3.63, 3.8) is 0 Å². The third-order valence-electron chi connectivity index (χ3n) is 3.04. The van der Waals surface area contributed by atoms with E-state index in [1.807, 2.05) is 19.1 Å². The molecule has 1 fully saturated rings. The molecule has 0 aliphatic heterocycles. The van der Waals surface area contributed by atoms with E-state index in [1.165, 1.54) is 5.56 Å². The minimum atomic E-state index is -0.0453. The van der Waals surface area contributed by atoms with E-state index in [-0.39, 0.29) is 11.3 Å². The first-order valence-corrected chi connectivity index (χ1v) is 6.17. The molecule has 1 N–H and O–H groups in total. The van der Waals surface area contributed by atoms with Gasteiger partial charge in [-0.1, -0.05) is 26.8 Å². The molecule has 1 aromatic rings. The Labute approximate surface area is 103 Å². The van der Waals surface area contributed by atoms with Crippen molar-refractivity contribution in [3.05, 3.63) is 29.1 Å². The van der Waals surface area contributed by atoms with Gasteiger partial charge < -0.3 is 5.32 Å². The number of aromatic nitrogens is 1. The van der Waals surface area contributed by atoms with Crippen molar-refractivity contribution < 1.29 is 4.79 Å². The molecule has 1 amide bonds. The lowest BCUT2D eigenvalue weighted by Crippen LogP contribution is -2.27. The third kappa shape index (κ3) is 2.84. The van der Waals surface area contributed by atoms with Gasteiger partial charge in [-0.25, -0.2) is 4.98 Å². The molecule has 1 aliphatic rings. The Balaban J connectivity index is 2.20. The van der Waals surface area contributed by atoms with E-state index in [2.05, 4.69) is 31.1 Å². The SMILES string of the molecule is Cc1nc(C(=O)NC2CC2)ccc1C(C)(C)C. The highest BCUT2D eigenvalue weighted by Crippen LogP contribution is 2.25. The lowest BCUT2D eigenvalue weighted by molar-refractivity contribution is 0.0946. The maximum Gasteiger partial charge on any atom is 0.270 e. The summed E-state index contributed by atoms with van der Waals surface area (Å²) >= 11 is 0. The molecule has 3 nitrogen and oxygen atoms in total. The van der Waals surface area contributed by atoms with Crippen LogP contribution in [0.5, 0.6) is 0 Å². The van der Waals surface area contributed by atoms with Gasteiger partial charge in [0.1, 0.15) is 5.69 Å². The van der Waals surface area contributed by atoms with Gasteiger partial charge in [0.05, 0.1) is 0 Å². The van der Waals surface area contributed by atoms with Crippen LogP contribution in [0.2, 0.25) is 0 Å². The van der Waals surface area contributed by atoms with Crippen molar-refractivity contribution in [1.82, 2.24) is 10.3 Å². The summed E-state index contributed by atoms with van der Waals surface area (Å²) in [5.41, 5.74) is 2.74. The Bertz CT molecular complexity index is 442. The van der Waals surface area contributed by atoms with E-state index < -0.39 is 0 Å². The second kappa shape index (κ2) is 4.13. The molecular formula is C14H20N2O. The molecule has 0 saturated heterocycles. The molecule has 0 bridgehead atoms. The number of amides is 1. The molecule has 0 spiro atoms. The van der Waals surface area contributed by atoms with E-state index in [0.717, 1.165) is 18.5 Å². The van der Waals surface area contributed by atoms with Crippen molar-refractivity contribution in [2.45, 2.75) is 52.0 Å². The maximum atomic E-state index is 11.8. The topological polar surface area (TPSA) is 42.0 Å². The van der Waals surface area contributed by atoms with Crippen molar-refractivity contribution in [2.24, 2.45) is 0 Å². The maximum absolute atomic E-state index is 11.8. The minimum Gasteiger partial charge on any atom is -0.348 e. The van der Waals surface area contributed by atoms with Crippen molar-refractivity contribution in [2.75, 3.05) is 0 Å². The zero-order chi connectivity index (χ0) is 12.6. The molecule has 0 atom stereocenters. The normalized spacial score (nSPS) is 15.8. The van der Waals surface area contributed by atoms with Gasteiger partial charge in [-0.3, -0.25) is 4.79 Å². The van der Waals surface area contributed by atoms with E-state index in [4.69, 9.17) is 0 Å². The zero-order valence-corrected chi connectivity index (χ0v) is 11.0. The highest BCUT2D eigenvalue weighted by molar-refractivity contribution is 5.92. The molecule has 0 unspecified atom stereocenters. The van der Waals surface area contributed by atoms with Gasteiger partial charge in [0.15, 0.2) is 0 Å². The van der Waals surface area contributed by atoms with E-state index >= 15 is 0 Å². The fraction of sp³-hybridized carbons (Fsp3) is 0.571. The molecular weight excluding hydrogens is 212 g/mol. The second-order valence-corrected chi connectivity index (χ2v) is 5.83. The van der Waals surface area contributed by atoms with Gasteiger partial charge in [0.2, 0.25) is 0 Å². The summed E-state index contributed by atoms with van der Waals surface area (Å²) in [6.45, 7) is 8.43. The smallest absolute Gasteiger partial charge is 0.270 e. The second-order valence-electron chi connectivity index (χ2n) is 5.83. The standard InChI is InChI=1S/C14H20N2O/c1-9-11(14(2,3)4)7-8-12(15-9)13(17)16-10-5-6-10/h7-8,10H,5-6H2,1-4H3,(H,16,17). The van der Waals surface area contributed by atoms with Gasteiger partial charge in [-0.15, -0.1) is 0 Å². The first-order chi connectivity index (χ1) is 7.88. The van der Waals surface area contributed by atoms with Crippen molar-refractivity contribution in [3.8, 4) is 0 Å². The third-order valence-corrected chi connectivity index (χ3v) is 3.04. The molecule has 0 radical (unpaired) electrons. The number of aryl methyl sites for hydroxylation is 1. The van der Waals surface area contributed by atoms with Crippen LogP contribution in [0.4, 0.5) is 0 Å². The van der Waals surface area contributed by atoms with Crippen LogP contribution in [0, 0.1) is 6.92 Å². The number of carbonyl (C=O) groups excluding carboxylic acids is 1. The summed E-state index contributed by atoms with van der Waals surface area (Å²) in [4.78, 5) is 16.2. The first kappa shape index (κ1) is 12.1. The summed E-state index contributed by atoms with van der Waals surface area (Å²) in [7, 11) is 0. The zero-order valence-electron chi connectivity index (χ0n) is 11.0. The molecule has 1 aliphatic carbocycles. The van der Waals surface area contributed by atoms with E-state index in [1.54, 1.807) is 0 Å². The van der Waals surface area contributed by atoms with E-state index in [9.17, 15) is 4.79 Å². The van der Waals surface area contributed by atoms with Crippen LogP contribution in [-0.4, -0.2) is 16.9 Å². The molecule has 92 valence electrons. The lowest BCUT2D eigenvalue weighted by Gasteiger charge is -2.21. The quantitative estimate of drug-likeness (QED) is 0.851. The Morgan fingerprint density at radius 1 is 1.35 bits per heavy atom. The Hall–Kier alpha value is -1.38. The van der Waals surface area contributed by atoms with Gasteiger partial charge >= 0.3 is 0 Å². The van der Waals surface area contributed by atoms with E-state index in [0.29, 0.717) is 11.7 Å². The fourth-order valence-electron chi connectivity index (χ4n) is 1.97. The highest BCUT2D eigenvalue weighted by Gasteiger charge is 2.25. The molecule has 1 heterocycles. The predicted molar refractivity (Wildman–Crippen MR) is 68.2 cm³/mol. The van der Waals surface area contributed by atoms with Gasteiger partial charge in [0.25, 0.3) is 5.91 Å². The number of rotatable bonds is 2. The largest absolute Gasteiger partial charge is 0.348 e. The molecule has 17 heavy (non-hydrogen) atoms. The summed E-state index contributed by atoms with van der Waals surface area (Å²) in [6, 6.07) is 4.22. The summed E-state index contributed by atoms with van der Waals surface area (Å²) in [5.74, 6) is -0.0453. The van der Waals surface area contributed by atoms with Gasteiger partial charge in [-0.2, -0.15) is 0 Å². The number of hydrogen-bond acceptors (Lipinski definition) is 2. The number of nitrogens with one attached hydrogen (secondary N) is 1. The minimum absolute atomic E-state index is 0.0453. The van der Waals surface area contributed by atoms with Crippen molar-refractivity contribution in [1.29, 1.82) is 0 Å². The molecule has 1 saturated carbocycles. The summed E-state index contributed by atoms with van der Waals surface area (Å²) < 4.78 is 0. The lowest BCUT2D eigenvalue weighted by atomic mass is 9.86. The van der Waals surface area contributed by atoms with Crippen LogP contribution < -0.4 is 5.32 Å². The Kier molecular flexibility index (Phi) is 2.94. The van der Waals surface area contributed by atoms with Gasteiger partial charge in [0, 0.05) is 11.7 Å². The van der Waals surface area contributed by atoms with Crippen molar-refractivity contribution >= 4 is 5.91 Å². The number of pyridine rings is 1. The van der Waals surface area contributed by atoms with Gasteiger partial charge in [-0.05, 0) is 36.8 Å². The first-order valence-electron chi connectivity index (χ1n) is 6.17. The number of nitrogens with zero attached hydrogens (tertiary/aromatic N) is 1. The summed E-state index contributed by atoms with van der Waals surface area (Å²) in [5, 5.41) is 2.95. The number of carbonyl (C=O) groups is 1.